The zero-order chi connectivity index (χ0) is 28.0. The SMILES string of the molecule is CN(C)CCN(C)C(=O)[C@@H]1CCC(=O)N(C)CC(=O)N2CCNC[C@H]2COc2ccc(F)cc2C(=O)N1C. The molecule has 4 amide bonds. The number of fused-ring (bicyclic) bond motifs is 2. The lowest BCUT2D eigenvalue weighted by Crippen LogP contribution is -2.57. The molecule has 1 aromatic rings. The van der Waals surface area contributed by atoms with Crippen LogP contribution in [0.5, 0.6) is 5.75 Å². The summed E-state index contributed by atoms with van der Waals surface area (Å²) in [7, 11) is 8.46. The highest BCUT2D eigenvalue weighted by Crippen LogP contribution is 2.24. The van der Waals surface area contributed by atoms with Gasteiger partial charge in [0.05, 0.1) is 18.2 Å². The first-order valence-corrected chi connectivity index (χ1v) is 12.8. The zero-order valence-electron chi connectivity index (χ0n) is 22.9. The summed E-state index contributed by atoms with van der Waals surface area (Å²) in [5.74, 6) is -1.90. The summed E-state index contributed by atoms with van der Waals surface area (Å²) in [6, 6.07) is 2.36. The largest absolute Gasteiger partial charge is 0.491 e. The molecule has 0 aliphatic carbocycles. The monoisotopic (exact) mass is 534 g/mol. The van der Waals surface area contributed by atoms with Crippen LogP contribution in [0.3, 0.4) is 0 Å². The number of carbonyl (C=O) groups excluding carboxylic acids is 4. The smallest absolute Gasteiger partial charge is 0.258 e. The summed E-state index contributed by atoms with van der Waals surface area (Å²) in [6.07, 6.45) is 0.00330. The standard InChI is InChI=1S/C26H39FN6O5/c1-29(2)12-13-30(3)26(37)21-7-9-23(34)31(4)16-24(35)33-11-10-28-15-19(33)17-38-22-8-6-18(27)14-20(22)25(36)32(21)5/h6,8,14,19,21,28H,7,9-13,15-17H2,1-5H3/t19-,21-/m0/s1. The Labute approximate surface area is 223 Å². The first kappa shape index (κ1) is 29.3. The highest BCUT2D eigenvalue weighted by Gasteiger charge is 2.34. The Kier molecular flexibility index (Phi) is 10.0. The van der Waals surface area contributed by atoms with Crippen molar-refractivity contribution in [3.05, 3.63) is 29.6 Å². The van der Waals surface area contributed by atoms with Gasteiger partial charge < -0.3 is 34.6 Å². The third-order valence-electron chi connectivity index (χ3n) is 7.04. The molecule has 1 fully saturated rings. The lowest BCUT2D eigenvalue weighted by Gasteiger charge is -2.37. The molecule has 12 heteroatoms. The van der Waals surface area contributed by atoms with Crippen LogP contribution in [0.2, 0.25) is 0 Å². The lowest BCUT2D eigenvalue weighted by molar-refractivity contribution is -0.142. The number of amides is 4. The van der Waals surface area contributed by atoms with Gasteiger partial charge in [-0.1, -0.05) is 0 Å². The van der Waals surface area contributed by atoms with Crippen molar-refractivity contribution in [1.29, 1.82) is 0 Å². The Bertz CT molecular complexity index is 1040. The van der Waals surface area contributed by atoms with Crippen molar-refractivity contribution in [2.24, 2.45) is 0 Å². The highest BCUT2D eigenvalue weighted by atomic mass is 19.1. The van der Waals surface area contributed by atoms with Crippen molar-refractivity contribution in [3.8, 4) is 5.75 Å². The molecule has 2 heterocycles. The van der Waals surface area contributed by atoms with Gasteiger partial charge in [0.25, 0.3) is 5.91 Å². The summed E-state index contributed by atoms with van der Waals surface area (Å²) in [6.45, 7) is 2.54. The maximum Gasteiger partial charge on any atom is 0.258 e. The second-order valence-corrected chi connectivity index (χ2v) is 10.2. The van der Waals surface area contributed by atoms with Gasteiger partial charge in [-0.05, 0) is 38.7 Å². The van der Waals surface area contributed by atoms with E-state index in [0.29, 0.717) is 32.7 Å². The van der Waals surface area contributed by atoms with E-state index >= 15 is 0 Å². The molecule has 2 atom stereocenters. The average Bonchev–Trinajstić information content (AvgIpc) is 2.89. The van der Waals surface area contributed by atoms with E-state index in [2.05, 4.69) is 5.32 Å². The van der Waals surface area contributed by atoms with Crippen molar-refractivity contribution < 1.29 is 28.3 Å². The van der Waals surface area contributed by atoms with Gasteiger partial charge in [0.15, 0.2) is 0 Å². The fraction of sp³-hybridized carbons (Fsp3) is 0.615. The fourth-order valence-corrected chi connectivity index (χ4v) is 4.58. The molecule has 38 heavy (non-hydrogen) atoms. The van der Waals surface area contributed by atoms with Crippen molar-refractivity contribution in [2.45, 2.75) is 24.9 Å². The van der Waals surface area contributed by atoms with Crippen molar-refractivity contribution in [1.82, 2.24) is 29.8 Å². The van der Waals surface area contributed by atoms with E-state index in [1.165, 1.54) is 33.9 Å². The van der Waals surface area contributed by atoms with Crippen LogP contribution in [-0.2, 0) is 14.4 Å². The molecule has 0 bridgehead atoms. The molecule has 11 nitrogen and oxygen atoms in total. The van der Waals surface area contributed by atoms with Gasteiger partial charge in [0.1, 0.15) is 24.2 Å². The third-order valence-corrected chi connectivity index (χ3v) is 7.04. The quantitative estimate of drug-likeness (QED) is 0.567. The number of piperazine rings is 1. The molecule has 1 saturated heterocycles. The van der Waals surface area contributed by atoms with Crippen LogP contribution in [0.1, 0.15) is 23.2 Å². The predicted octanol–water partition coefficient (Wildman–Crippen LogP) is -0.282. The van der Waals surface area contributed by atoms with Gasteiger partial charge >= 0.3 is 0 Å². The Hall–Kier alpha value is -3.25. The predicted molar refractivity (Wildman–Crippen MR) is 139 cm³/mol. The Balaban J connectivity index is 1.97. The van der Waals surface area contributed by atoms with Crippen LogP contribution >= 0.6 is 0 Å². The molecule has 0 aromatic heterocycles. The number of carbonyl (C=O) groups is 4. The molecule has 0 radical (unpaired) electrons. The fourth-order valence-electron chi connectivity index (χ4n) is 4.58. The van der Waals surface area contributed by atoms with Gasteiger partial charge in [-0.15, -0.1) is 0 Å². The van der Waals surface area contributed by atoms with Crippen LogP contribution in [0, 0.1) is 5.82 Å². The Morgan fingerprint density at radius 2 is 1.87 bits per heavy atom. The molecule has 2 aliphatic heterocycles. The maximum atomic E-state index is 14.3. The molecule has 2 aliphatic rings. The first-order valence-electron chi connectivity index (χ1n) is 12.8. The van der Waals surface area contributed by atoms with Crippen molar-refractivity contribution in [3.63, 3.8) is 0 Å². The molecule has 0 unspecified atom stereocenters. The number of nitrogens with one attached hydrogen (secondary N) is 1. The molecule has 0 spiro atoms. The van der Waals surface area contributed by atoms with E-state index in [9.17, 15) is 23.6 Å². The maximum absolute atomic E-state index is 14.3. The normalized spacial score (nSPS) is 21.9. The third kappa shape index (κ3) is 7.19. The van der Waals surface area contributed by atoms with Crippen molar-refractivity contribution >= 4 is 23.6 Å². The van der Waals surface area contributed by atoms with Crippen LogP contribution in [0.15, 0.2) is 18.2 Å². The van der Waals surface area contributed by atoms with Crippen LogP contribution in [0.25, 0.3) is 0 Å². The number of benzene rings is 1. The average molecular weight is 535 g/mol. The molecular weight excluding hydrogens is 495 g/mol. The zero-order valence-corrected chi connectivity index (χ0v) is 22.9. The molecule has 0 saturated carbocycles. The first-order chi connectivity index (χ1) is 18.0. The molecule has 3 rings (SSSR count). The molecule has 210 valence electrons. The summed E-state index contributed by atoms with van der Waals surface area (Å²) < 4.78 is 20.3. The van der Waals surface area contributed by atoms with Crippen LogP contribution < -0.4 is 10.1 Å². The van der Waals surface area contributed by atoms with Crippen molar-refractivity contribution in [2.75, 3.05) is 81.1 Å². The number of nitrogens with zero attached hydrogens (tertiary/aromatic N) is 5. The summed E-state index contributed by atoms with van der Waals surface area (Å²) in [5, 5.41) is 3.23. The number of hydrogen-bond donors (Lipinski definition) is 1. The second-order valence-electron chi connectivity index (χ2n) is 10.2. The summed E-state index contributed by atoms with van der Waals surface area (Å²) in [5.41, 5.74) is -0.0267. The Morgan fingerprint density at radius 3 is 2.58 bits per heavy atom. The van der Waals surface area contributed by atoms with E-state index in [1.807, 2.05) is 19.0 Å². The minimum absolute atomic E-state index is 0.0267. The minimum Gasteiger partial charge on any atom is -0.491 e. The van der Waals surface area contributed by atoms with E-state index in [4.69, 9.17) is 4.74 Å². The van der Waals surface area contributed by atoms with Gasteiger partial charge in [-0.2, -0.15) is 0 Å². The van der Waals surface area contributed by atoms with Crippen LogP contribution in [0.4, 0.5) is 4.39 Å². The lowest BCUT2D eigenvalue weighted by atomic mass is 10.1. The minimum atomic E-state index is -0.973. The second kappa shape index (κ2) is 13.0. The van der Waals surface area contributed by atoms with Gasteiger partial charge in [-0.3, -0.25) is 19.2 Å². The van der Waals surface area contributed by atoms with E-state index in [0.717, 1.165) is 6.07 Å². The highest BCUT2D eigenvalue weighted by molar-refractivity contribution is 5.99. The molecule has 1 aromatic carbocycles. The molecular formula is C26H39FN6O5. The van der Waals surface area contributed by atoms with E-state index in [-0.39, 0.29) is 61.1 Å². The van der Waals surface area contributed by atoms with Gasteiger partial charge in [-0.25, -0.2) is 4.39 Å². The van der Waals surface area contributed by atoms with Gasteiger partial charge in [0, 0.05) is 60.3 Å². The van der Waals surface area contributed by atoms with E-state index in [1.54, 1.807) is 19.0 Å². The molecule has 1 N–H and O–H groups in total. The van der Waals surface area contributed by atoms with Crippen LogP contribution in [-0.4, -0.2) is 141 Å². The summed E-state index contributed by atoms with van der Waals surface area (Å²) in [4.78, 5) is 60.9. The van der Waals surface area contributed by atoms with Gasteiger partial charge in [0.2, 0.25) is 17.7 Å². The number of likely N-dealkylation sites (N-methyl/N-ethyl adjacent to an activating group) is 4. The van der Waals surface area contributed by atoms with E-state index < -0.39 is 17.8 Å². The number of hydrogen-bond acceptors (Lipinski definition) is 7. The topological polar surface area (TPSA) is 106 Å². The number of rotatable bonds is 4. The number of halogens is 1. The summed E-state index contributed by atoms with van der Waals surface area (Å²) >= 11 is 0. The number of ether oxygens (including phenoxy) is 1. The Morgan fingerprint density at radius 1 is 1.13 bits per heavy atom.